The van der Waals surface area contributed by atoms with E-state index in [2.05, 4.69) is 37.2 Å². The van der Waals surface area contributed by atoms with Gasteiger partial charge in [0.1, 0.15) is 0 Å². The lowest BCUT2D eigenvalue weighted by atomic mass is 10.2. The Morgan fingerprint density at radius 1 is 1.37 bits per heavy atom. The van der Waals surface area contributed by atoms with Gasteiger partial charge in [-0.05, 0) is 50.4 Å². The standard InChI is InChI=1S/C12H10Br2N2O2S/c1-7-2-3-8(16(17)18)4-11(7)15-6-9-5-10(13)12(14)19-9/h2-5,15H,6H2,1H3. The molecule has 0 aliphatic carbocycles. The molecular formula is C12H10Br2N2O2S. The molecule has 1 aromatic heterocycles. The summed E-state index contributed by atoms with van der Waals surface area (Å²) >= 11 is 8.50. The second kappa shape index (κ2) is 6.02. The molecule has 1 N–H and O–H groups in total. The zero-order valence-electron chi connectivity index (χ0n) is 9.94. The molecule has 0 unspecified atom stereocenters. The van der Waals surface area contributed by atoms with E-state index in [1.807, 2.05) is 13.0 Å². The molecule has 1 heterocycles. The first kappa shape index (κ1) is 14.5. The summed E-state index contributed by atoms with van der Waals surface area (Å²) in [5, 5.41) is 14.0. The summed E-state index contributed by atoms with van der Waals surface area (Å²) < 4.78 is 2.06. The molecule has 0 saturated carbocycles. The van der Waals surface area contributed by atoms with Gasteiger partial charge in [0.15, 0.2) is 0 Å². The van der Waals surface area contributed by atoms with Crippen molar-refractivity contribution < 1.29 is 4.92 Å². The molecule has 0 spiro atoms. The Bertz CT molecular complexity index is 609. The van der Waals surface area contributed by atoms with E-state index in [0.717, 1.165) is 24.4 Å². The number of hydrogen-bond acceptors (Lipinski definition) is 4. The molecule has 0 amide bonds. The lowest BCUT2D eigenvalue weighted by Gasteiger charge is -2.08. The summed E-state index contributed by atoms with van der Waals surface area (Å²) in [4.78, 5) is 11.5. The number of nitrogens with one attached hydrogen (secondary N) is 1. The lowest BCUT2D eigenvalue weighted by Crippen LogP contribution is -2.00. The van der Waals surface area contributed by atoms with Crippen molar-refractivity contribution in [2.24, 2.45) is 0 Å². The third-order valence-corrected chi connectivity index (χ3v) is 5.84. The Hall–Kier alpha value is -0.920. The third kappa shape index (κ3) is 3.55. The van der Waals surface area contributed by atoms with E-state index in [-0.39, 0.29) is 10.6 Å². The van der Waals surface area contributed by atoms with E-state index in [4.69, 9.17) is 0 Å². The van der Waals surface area contributed by atoms with Crippen LogP contribution in [0.25, 0.3) is 0 Å². The number of thiophene rings is 1. The van der Waals surface area contributed by atoms with Gasteiger partial charge in [-0.2, -0.15) is 0 Å². The number of benzene rings is 1. The summed E-state index contributed by atoms with van der Waals surface area (Å²) in [5.41, 5.74) is 1.87. The highest BCUT2D eigenvalue weighted by Gasteiger charge is 2.09. The van der Waals surface area contributed by atoms with E-state index in [1.54, 1.807) is 23.5 Å². The van der Waals surface area contributed by atoms with Crippen molar-refractivity contribution in [3.63, 3.8) is 0 Å². The minimum Gasteiger partial charge on any atom is -0.380 e. The van der Waals surface area contributed by atoms with Crippen molar-refractivity contribution in [1.29, 1.82) is 0 Å². The maximum absolute atomic E-state index is 10.8. The summed E-state index contributed by atoms with van der Waals surface area (Å²) in [6.45, 7) is 2.56. The van der Waals surface area contributed by atoms with Crippen LogP contribution in [0.4, 0.5) is 11.4 Å². The quantitative estimate of drug-likeness (QED) is 0.568. The number of nitro benzene ring substituents is 1. The first-order chi connectivity index (χ1) is 8.97. The third-order valence-electron chi connectivity index (χ3n) is 2.58. The fraction of sp³-hybridized carbons (Fsp3) is 0.167. The van der Waals surface area contributed by atoms with Crippen LogP contribution in [0, 0.1) is 17.0 Å². The monoisotopic (exact) mass is 404 g/mol. The largest absolute Gasteiger partial charge is 0.380 e. The smallest absolute Gasteiger partial charge is 0.271 e. The van der Waals surface area contributed by atoms with Crippen LogP contribution in [0.3, 0.4) is 0 Å². The maximum atomic E-state index is 10.8. The number of aryl methyl sites for hydroxylation is 1. The Morgan fingerprint density at radius 3 is 2.68 bits per heavy atom. The average Bonchev–Trinajstić information content (AvgIpc) is 2.67. The zero-order valence-corrected chi connectivity index (χ0v) is 13.9. The summed E-state index contributed by atoms with van der Waals surface area (Å²) in [5.74, 6) is 0. The molecule has 2 aromatic rings. The van der Waals surface area contributed by atoms with Crippen LogP contribution in [-0.2, 0) is 6.54 Å². The molecule has 0 bridgehead atoms. The Balaban J connectivity index is 2.14. The summed E-state index contributed by atoms with van der Waals surface area (Å²) in [7, 11) is 0. The maximum Gasteiger partial charge on any atom is 0.271 e. The predicted octanol–water partition coefficient (Wildman–Crippen LogP) is 5.10. The highest BCUT2D eigenvalue weighted by Crippen LogP contribution is 2.33. The highest BCUT2D eigenvalue weighted by atomic mass is 79.9. The van der Waals surface area contributed by atoms with Crippen molar-refractivity contribution in [2.75, 3.05) is 5.32 Å². The fourth-order valence-electron chi connectivity index (χ4n) is 1.57. The van der Waals surface area contributed by atoms with Gasteiger partial charge in [0.2, 0.25) is 0 Å². The number of rotatable bonds is 4. The minimum atomic E-state index is -0.386. The van der Waals surface area contributed by atoms with Gasteiger partial charge in [0.25, 0.3) is 5.69 Å². The van der Waals surface area contributed by atoms with Gasteiger partial charge in [0, 0.05) is 33.7 Å². The summed E-state index contributed by atoms with van der Waals surface area (Å²) in [6, 6.07) is 6.85. The van der Waals surface area contributed by atoms with Crippen LogP contribution in [-0.4, -0.2) is 4.92 Å². The van der Waals surface area contributed by atoms with Crippen LogP contribution in [0.2, 0.25) is 0 Å². The van der Waals surface area contributed by atoms with Crippen LogP contribution >= 0.6 is 43.2 Å². The SMILES string of the molecule is Cc1ccc([N+](=O)[O-])cc1NCc1cc(Br)c(Br)s1. The molecule has 0 aliphatic heterocycles. The topological polar surface area (TPSA) is 55.2 Å². The number of hydrogen-bond donors (Lipinski definition) is 1. The van der Waals surface area contributed by atoms with Crippen LogP contribution in [0.15, 0.2) is 32.5 Å². The normalized spacial score (nSPS) is 10.5. The van der Waals surface area contributed by atoms with E-state index >= 15 is 0 Å². The first-order valence-electron chi connectivity index (χ1n) is 5.40. The van der Waals surface area contributed by atoms with Crippen LogP contribution in [0.1, 0.15) is 10.4 Å². The van der Waals surface area contributed by atoms with Gasteiger partial charge in [-0.25, -0.2) is 0 Å². The Labute approximate surface area is 131 Å². The lowest BCUT2D eigenvalue weighted by molar-refractivity contribution is -0.384. The molecule has 100 valence electrons. The highest BCUT2D eigenvalue weighted by molar-refractivity contribution is 9.13. The van der Waals surface area contributed by atoms with Crippen molar-refractivity contribution >= 4 is 54.6 Å². The van der Waals surface area contributed by atoms with Gasteiger partial charge >= 0.3 is 0 Å². The van der Waals surface area contributed by atoms with E-state index in [1.165, 1.54) is 6.07 Å². The van der Waals surface area contributed by atoms with Crippen molar-refractivity contribution in [1.82, 2.24) is 0 Å². The predicted molar refractivity (Wildman–Crippen MR) is 84.9 cm³/mol. The molecule has 7 heteroatoms. The molecule has 4 nitrogen and oxygen atoms in total. The van der Waals surface area contributed by atoms with Gasteiger partial charge in [-0.15, -0.1) is 11.3 Å². The van der Waals surface area contributed by atoms with E-state index < -0.39 is 0 Å². The van der Waals surface area contributed by atoms with Crippen LogP contribution in [0.5, 0.6) is 0 Å². The number of nitrogens with zero attached hydrogens (tertiary/aromatic N) is 1. The Morgan fingerprint density at radius 2 is 2.11 bits per heavy atom. The molecule has 1 aromatic carbocycles. The second-order valence-corrected chi connectivity index (χ2v) is 7.25. The van der Waals surface area contributed by atoms with Gasteiger partial charge in [-0.3, -0.25) is 10.1 Å². The molecule has 19 heavy (non-hydrogen) atoms. The number of halogens is 2. The summed E-state index contributed by atoms with van der Waals surface area (Å²) in [6.07, 6.45) is 0. The minimum absolute atomic E-state index is 0.0987. The molecule has 0 aliphatic rings. The average molecular weight is 406 g/mol. The number of nitro groups is 1. The van der Waals surface area contributed by atoms with Crippen LogP contribution < -0.4 is 5.32 Å². The van der Waals surface area contributed by atoms with Gasteiger partial charge in [-0.1, -0.05) is 6.07 Å². The van der Waals surface area contributed by atoms with E-state index in [9.17, 15) is 10.1 Å². The van der Waals surface area contributed by atoms with Crippen molar-refractivity contribution in [3.8, 4) is 0 Å². The fourth-order valence-corrected chi connectivity index (χ4v) is 3.69. The number of anilines is 1. The van der Waals surface area contributed by atoms with Crippen molar-refractivity contribution in [2.45, 2.75) is 13.5 Å². The van der Waals surface area contributed by atoms with Crippen molar-refractivity contribution in [3.05, 3.63) is 53.1 Å². The molecular weight excluding hydrogens is 396 g/mol. The van der Waals surface area contributed by atoms with Gasteiger partial charge < -0.3 is 5.32 Å². The van der Waals surface area contributed by atoms with E-state index in [0.29, 0.717) is 6.54 Å². The zero-order chi connectivity index (χ0) is 14.0. The molecule has 0 radical (unpaired) electrons. The molecule has 2 rings (SSSR count). The van der Waals surface area contributed by atoms with Gasteiger partial charge in [0.05, 0.1) is 8.71 Å². The second-order valence-electron chi connectivity index (χ2n) is 3.94. The molecule has 0 atom stereocenters. The Kier molecular flexibility index (Phi) is 4.59. The molecule has 0 fully saturated rings. The first-order valence-corrected chi connectivity index (χ1v) is 7.80. The molecule has 0 saturated heterocycles. The number of non-ortho nitro benzene ring substituents is 1.